The Bertz CT molecular complexity index is 454. The van der Waals surface area contributed by atoms with E-state index in [1.165, 1.54) is 6.92 Å². The van der Waals surface area contributed by atoms with Crippen molar-refractivity contribution in [2.24, 2.45) is 0 Å². The van der Waals surface area contributed by atoms with Crippen molar-refractivity contribution < 1.29 is 23.8 Å². The SMILES string of the molecule is C[C@@H](O)[C@@H](CO)NC(=O)c1cc(F)cc(Br)c1F. The number of benzene rings is 1. The maximum atomic E-state index is 13.6. The minimum atomic E-state index is -1.01. The first-order valence-electron chi connectivity index (χ1n) is 5.11. The van der Waals surface area contributed by atoms with Gasteiger partial charge in [-0.05, 0) is 35.0 Å². The topological polar surface area (TPSA) is 69.6 Å². The van der Waals surface area contributed by atoms with Gasteiger partial charge in [-0.2, -0.15) is 0 Å². The lowest BCUT2D eigenvalue weighted by atomic mass is 10.1. The minimum absolute atomic E-state index is 0.176. The molecule has 4 nitrogen and oxygen atoms in total. The number of aliphatic hydroxyl groups excluding tert-OH is 2. The van der Waals surface area contributed by atoms with Crippen LogP contribution < -0.4 is 5.32 Å². The maximum absolute atomic E-state index is 13.6. The van der Waals surface area contributed by atoms with Crippen molar-refractivity contribution in [1.29, 1.82) is 0 Å². The number of hydrogen-bond acceptors (Lipinski definition) is 3. The predicted octanol–water partition coefficient (Wildman–Crippen LogP) is 1.20. The van der Waals surface area contributed by atoms with Gasteiger partial charge in [0, 0.05) is 0 Å². The summed E-state index contributed by atoms with van der Waals surface area (Å²) < 4.78 is 26.5. The highest BCUT2D eigenvalue weighted by atomic mass is 79.9. The molecule has 7 heteroatoms. The zero-order chi connectivity index (χ0) is 13.9. The van der Waals surface area contributed by atoms with E-state index in [0.717, 1.165) is 12.1 Å². The van der Waals surface area contributed by atoms with Gasteiger partial charge in [-0.1, -0.05) is 0 Å². The van der Waals surface area contributed by atoms with E-state index in [1.807, 2.05) is 0 Å². The fourth-order valence-corrected chi connectivity index (χ4v) is 1.72. The highest BCUT2D eigenvalue weighted by molar-refractivity contribution is 9.10. The Kier molecular flexibility index (Phi) is 5.18. The molecule has 1 aromatic rings. The van der Waals surface area contributed by atoms with Gasteiger partial charge >= 0.3 is 0 Å². The second-order valence-corrected chi connectivity index (χ2v) is 4.61. The van der Waals surface area contributed by atoms with E-state index < -0.39 is 41.9 Å². The molecule has 2 atom stereocenters. The van der Waals surface area contributed by atoms with Crippen LogP contribution in [0.2, 0.25) is 0 Å². The maximum Gasteiger partial charge on any atom is 0.254 e. The number of halogens is 3. The van der Waals surface area contributed by atoms with Crippen molar-refractivity contribution in [3.63, 3.8) is 0 Å². The van der Waals surface area contributed by atoms with Crippen LogP contribution in [0.1, 0.15) is 17.3 Å². The van der Waals surface area contributed by atoms with Gasteiger partial charge in [0.1, 0.15) is 11.6 Å². The smallest absolute Gasteiger partial charge is 0.254 e. The molecular formula is C11H12BrF2NO3. The molecule has 3 N–H and O–H groups in total. The lowest BCUT2D eigenvalue weighted by molar-refractivity contribution is 0.0754. The molecule has 100 valence electrons. The Balaban J connectivity index is 2.97. The molecule has 0 aliphatic rings. The van der Waals surface area contributed by atoms with Gasteiger partial charge in [0.05, 0.1) is 28.8 Å². The molecule has 0 saturated carbocycles. The van der Waals surface area contributed by atoms with Crippen LogP contribution in [-0.2, 0) is 0 Å². The van der Waals surface area contributed by atoms with Crippen molar-refractivity contribution in [2.45, 2.75) is 19.1 Å². The van der Waals surface area contributed by atoms with E-state index in [0.29, 0.717) is 0 Å². The average Bonchev–Trinajstić information content (AvgIpc) is 2.29. The summed E-state index contributed by atoms with van der Waals surface area (Å²) in [6.07, 6.45) is -1.01. The Morgan fingerprint density at radius 2 is 2.11 bits per heavy atom. The molecular weight excluding hydrogens is 312 g/mol. The third-order valence-electron chi connectivity index (χ3n) is 2.33. The van der Waals surface area contributed by atoms with Gasteiger partial charge in [-0.25, -0.2) is 8.78 Å². The second-order valence-electron chi connectivity index (χ2n) is 3.75. The zero-order valence-corrected chi connectivity index (χ0v) is 11.0. The van der Waals surface area contributed by atoms with Gasteiger partial charge < -0.3 is 15.5 Å². The molecule has 1 amide bonds. The first kappa shape index (κ1) is 15.0. The summed E-state index contributed by atoms with van der Waals surface area (Å²) >= 11 is 2.78. The van der Waals surface area contributed by atoms with Crippen molar-refractivity contribution >= 4 is 21.8 Å². The lowest BCUT2D eigenvalue weighted by Gasteiger charge is -2.19. The quantitative estimate of drug-likeness (QED) is 0.729. The fourth-order valence-electron chi connectivity index (χ4n) is 1.29. The predicted molar refractivity (Wildman–Crippen MR) is 64.1 cm³/mol. The van der Waals surface area contributed by atoms with Crippen LogP contribution in [0.3, 0.4) is 0 Å². The standard InChI is InChI=1S/C11H12BrF2NO3/c1-5(17)9(4-16)15-11(18)7-2-6(13)3-8(12)10(7)14/h2-3,5,9,16-17H,4H2,1H3,(H,15,18)/t5-,9-/m1/s1. The Hall–Kier alpha value is -1.05. The monoisotopic (exact) mass is 323 g/mol. The second kappa shape index (κ2) is 6.21. The van der Waals surface area contributed by atoms with Crippen LogP contribution in [0.15, 0.2) is 16.6 Å². The first-order valence-corrected chi connectivity index (χ1v) is 5.90. The van der Waals surface area contributed by atoms with Crippen LogP contribution in [-0.4, -0.2) is 34.9 Å². The first-order chi connectivity index (χ1) is 8.36. The number of carbonyl (C=O) groups is 1. The van der Waals surface area contributed by atoms with Gasteiger partial charge in [0.15, 0.2) is 0 Å². The summed E-state index contributed by atoms with van der Waals surface area (Å²) in [6.45, 7) is 0.848. The van der Waals surface area contributed by atoms with Gasteiger partial charge in [-0.15, -0.1) is 0 Å². The van der Waals surface area contributed by atoms with E-state index in [4.69, 9.17) is 5.11 Å². The van der Waals surface area contributed by atoms with Crippen LogP contribution in [0.4, 0.5) is 8.78 Å². The highest BCUT2D eigenvalue weighted by Gasteiger charge is 2.21. The summed E-state index contributed by atoms with van der Waals surface area (Å²) in [7, 11) is 0. The molecule has 0 bridgehead atoms. The fraction of sp³-hybridized carbons (Fsp3) is 0.364. The van der Waals surface area contributed by atoms with Crippen molar-refractivity contribution in [3.05, 3.63) is 33.8 Å². The lowest BCUT2D eigenvalue weighted by Crippen LogP contribution is -2.44. The molecule has 0 saturated heterocycles. The Labute approximate surface area is 111 Å². The number of aliphatic hydroxyl groups is 2. The number of carbonyl (C=O) groups excluding carboxylic acids is 1. The van der Waals surface area contributed by atoms with Crippen LogP contribution in [0, 0.1) is 11.6 Å². The van der Waals surface area contributed by atoms with Crippen LogP contribution in [0.25, 0.3) is 0 Å². The minimum Gasteiger partial charge on any atom is -0.394 e. The summed E-state index contributed by atoms with van der Waals surface area (Å²) in [5.41, 5.74) is -0.499. The van der Waals surface area contributed by atoms with Crippen molar-refractivity contribution in [2.75, 3.05) is 6.61 Å². The van der Waals surface area contributed by atoms with E-state index in [-0.39, 0.29) is 4.47 Å². The average molecular weight is 324 g/mol. The number of hydrogen-bond donors (Lipinski definition) is 3. The Morgan fingerprint density at radius 1 is 1.50 bits per heavy atom. The zero-order valence-electron chi connectivity index (χ0n) is 9.45. The number of amides is 1. The molecule has 0 fully saturated rings. The molecule has 0 heterocycles. The van der Waals surface area contributed by atoms with Crippen LogP contribution >= 0.6 is 15.9 Å². The summed E-state index contributed by atoms with van der Waals surface area (Å²) in [6, 6.07) is 0.690. The molecule has 1 rings (SSSR count). The summed E-state index contributed by atoms with van der Waals surface area (Å²) in [5, 5.41) is 20.4. The normalized spacial score (nSPS) is 14.1. The molecule has 18 heavy (non-hydrogen) atoms. The van der Waals surface area contributed by atoms with Gasteiger partial charge in [0.25, 0.3) is 5.91 Å². The third-order valence-corrected chi connectivity index (χ3v) is 2.91. The molecule has 0 aliphatic carbocycles. The van der Waals surface area contributed by atoms with Crippen molar-refractivity contribution in [3.8, 4) is 0 Å². The van der Waals surface area contributed by atoms with E-state index in [9.17, 15) is 18.7 Å². The third kappa shape index (κ3) is 3.47. The van der Waals surface area contributed by atoms with Crippen LogP contribution in [0.5, 0.6) is 0 Å². The van der Waals surface area contributed by atoms with E-state index in [1.54, 1.807) is 0 Å². The molecule has 0 spiro atoms. The van der Waals surface area contributed by atoms with E-state index in [2.05, 4.69) is 21.2 Å². The largest absolute Gasteiger partial charge is 0.394 e. The molecule has 0 aromatic heterocycles. The molecule has 1 aromatic carbocycles. The van der Waals surface area contributed by atoms with Crippen molar-refractivity contribution in [1.82, 2.24) is 5.32 Å². The summed E-state index contributed by atoms with van der Waals surface area (Å²) in [5.74, 6) is -2.59. The number of nitrogens with one attached hydrogen (secondary N) is 1. The summed E-state index contributed by atoms with van der Waals surface area (Å²) in [4.78, 5) is 11.7. The number of rotatable bonds is 4. The molecule has 0 radical (unpaired) electrons. The molecule has 0 aliphatic heterocycles. The van der Waals surface area contributed by atoms with Gasteiger partial charge in [-0.3, -0.25) is 4.79 Å². The van der Waals surface area contributed by atoms with E-state index >= 15 is 0 Å². The Morgan fingerprint density at radius 3 is 2.61 bits per heavy atom. The molecule has 0 unspecified atom stereocenters. The van der Waals surface area contributed by atoms with Gasteiger partial charge in [0.2, 0.25) is 0 Å². The highest BCUT2D eigenvalue weighted by Crippen LogP contribution is 2.20.